The van der Waals surface area contributed by atoms with Crippen molar-refractivity contribution in [3.8, 4) is 6.07 Å². The average Bonchev–Trinajstić information content (AvgIpc) is 2.47. The topological polar surface area (TPSA) is 27.0 Å². The quantitative estimate of drug-likeness (QED) is 0.677. The van der Waals surface area contributed by atoms with Gasteiger partial charge < -0.3 is 0 Å². The number of hydrogen-bond acceptors (Lipinski definition) is 2. The van der Waals surface area contributed by atoms with Crippen molar-refractivity contribution in [2.75, 3.05) is 13.1 Å². The molecule has 1 saturated heterocycles. The predicted octanol–water partition coefficient (Wildman–Crippen LogP) is 3.33. The van der Waals surface area contributed by atoms with Gasteiger partial charge >= 0.3 is 0 Å². The van der Waals surface area contributed by atoms with E-state index in [1.54, 1.807) is 0 Å². The molecule has 1 aliphatic carbocycles. The van der Waals surface area contributed by atoms with Gasteiger partial charge in [0.2, 0.25) is 0 Å². The molecule has 0 aromatic rings. The first-order chi connectivity index (χ1) is 7.58. The van der Waals surface area contributed by atoms with E-state index in [-0.39, 0.29) is 5.54 Å². The Kier molecular flexibility index (Phi) is 3.26. The van der Waals surface area contributed by atoms with Crippen LogP contribution in [0.3, 0.4) is 0 Å². The maximum atomic E-state index is 9.60. The Morgan fingerprint density at radius 1 is 1.00 bits per heavy atom. The number of nitriles is 1. The fourth-order valence-electron chi connectivity index (χ4n) is 3.45. The molecule has 90 valence electrons. The Hall–Kier alpha value is -0.550. The molecular formula is C14H24N2. The SMILES string of the molecule is CC1(C)CCC(C#N)(N2CCCCCC2)C1. The van der Waals surface area contributed by atoms with Crippen LogP contribution in [0.4, 0.5) is 0 Å². The molecular weight excluding hydrogens is 196 g/mol. The summed E-state index contributed by atoms with van der Waals surface area (Å²) in [6.07, 6.45) is 8.61. The van der Waals surface area contributed by atoms with Gasteiger partial charge in [-0.2, -0.15) is 5.26 Å². The molecule has 0 aromatic heterocycles. The summed E-state index contributed by atoms with van der Waals surface area (Å²) in [5.74, 6) is 0. The van der Waals surface area contributed by atoms with Crippen molar-refractivity contribution < 1.29 is 0 Å². The standard InChI is InChI=1S/C14H24N2/c1-13(2)7-8-14(11-13,12-15)16-9-5-3-4-6-10-16/h3-11H2,1-2H3. The Morgan fingerprint density at radius 3 is 2.06 bits per heavy atom. The van der Waals surface area contributed by atoms with E-state index in [9.17, 15) is 5.26 Å². The summed E-state index contributed by atoms with van der Waals surface area (Å²) in [5, 5.41) is 9.60. The van der Waals surface area contributed by atoms with E-state index in [0.29, 0.717) is 5.41 Å². The van der Waals surface area contributed by atoms with Crippen LogP contribution < -0.4 is 0 Å². The minimum Gasteiger partial charge on any atom is -0.286 e. The third-order valence-corrected chi connectivity index (χ3v) is 4.41. The van der Waals surface area contributed by atoms with Crippen molar-refractivity contribution in [1.82, 2.24) is 4.90 Å². The van der Waals surface area contributed by atoms with Gasteiger partial charge in [0.25, 0.3) is 0 Å². The van der Waals surface area contributed by atoms with Gasteiger partial charge in [-0.05, 0) is 50.6 Å². The Labute approximate surface area is 99.6 Å². The lowest BCUT2D eigenvalue weighted by atomic mass is 9.87. The van der Waals surface area contributed by atoms with Gasteiger partial charge in [-0.1, -0.05) is 26.7 Å². The van der Waals surface area contributed by atoms with E-state index in [0.717, 1.165) is 25.9 Å². The Bertz CT molecular complexity index is 282. The highest BCUT2D eigenvalue weighted by atomic mass is 15.2. The first-order valence-corrected chi connectivity index (χ1v) is 6.74. The highest BCUT2D eigenvalue weighted by Crippen LogP contribution is 2.46. The second-order valence-electron chi connectivity index (χ2n) is 6.39. The molecule has 2 heteroatoms. The van der Waals surface area contributed by atoms with E-state index in [4.69, 9.17) is 0 Å². The molecule has 1 atom stereocenters. The molecule has 0 bridgehead atoms. The average molecular weight is 220 g/mol. The molecule has 1 saturated carbocycles. The largest absolute Gasteiger partial charge is 0.286 e. The smallest absolute Gasteiger partial charge is 0.109 e. The summed E-state index contributed by atoms with van der Waals surface area (Å²) < 4.78 is 0. The first-order valence-electron chi connectivity index (χ1n) is 6.74. The van der Waals surface area contributed by atoms with Gasteiger partial charge in [-0.3, -0.25) is 4.90 Å². The van der Waals surface area contributed by atoms with Gasteiger partial charge in [0.15, 0.2) is 0 Å². The van der Waals surface area contributed by atoms with Crippen LogP contribution in [0.25, 0.3) is 0 Å². The Balaban J connectivity index is 2.12. The van der Waals surface area contributed by atoms with E-state index < -0.39 is 0 Å². The zero-order valence-electron chi connectivity index (χ0n) is 10.8. The van der Waals surface area contributed by atoms with Crippen LogP contribution >= 0.6 is 0 Å². The van der Waals surface area contributed by atoms with Crippen molar-refractivity contribution >= 4 is 0 Å². The fraction of sp³-hybridized carbons (Fsp3) is 0.929. The van der Waals surface area contributed by atoms with E-state index >= 15 is 0 Å². The maximum absolute atomic E-state index is 9.60. The molecule has 1 aliphatic heterocycles. The van der Waals surface area contributed by atoms with E-state index in [1.807, 2.05) is 0 Å². The number of rotatable bonds is 1. The summed E-state index contributed by atoms with van der Waals surface area (Å²) in [7, 11) is 0. The van der Waals surface area contributed by atoms with Crippen molar-refractivity contribution in [2.24, 2.45) is 5.41 Å². The van der Waals surface area contributed by atoms with Gasteiger partial charge in [0, 0.05) is 0 Å². The molecule has 0 radical (unpaired) electrons. The normalized spacial score (nSPS) is 35.6. The third-order valence-electron chi connectivity index (χ3n) is 4.41. The third kappa shape index (κ3) is 2.25. The zero-order valence-corrected chi connectivity index (χ0v) is 10.8. The molecule has 1 heterocycles. The second kappa shape index (κ2) is 4.37. The predicted molar refractivity (Wildman–Crippen MR) is 66.0 cm³/mol. The molecule has 1 unspecified atom stereocenters. The molecule has 2 nitrogen and oxygen atoms in total. The van der Waals surface area contributed by atoms with Crippen molar-refractivity contribution in [1.29, 1.82) is 5.26 Å². The minimum absolute atomic E-state index is 0.131. The van der Waals surface area contributed by atoms with Crippen LogP contribution in [0.1, 0.15) is 58.8 Å². The summed E-state index contributed by atoms with van der Waals surface area (Å²) in [4.78, 5) is 2.49. The molecule has 2 aliphatic rings. The molecule has 16 heavy (non-hydrogen) atoms. The lowest BCUT2D eigenvalue weighted by Crippen LogP contribution is -2.46. The van der Waals surface area contributed by atoms with E-state index in [2.05, 4.69) is 24.8 Å². The summed E-state index contributed by atoms with van der Waals surface area (Å²) in [6.45, 7) is 6.90. The lowest BCUT2D eigenvalue weighted by molar-refractivity contribution is 0.135. The van der Waals surface area contributed by atoms with Crippen molar-refractivity contribution in [3.63, 3.8) is 0 Å². The highest BCUT2D eigenvalue weighted by Gasteiger charge is 2.47. The maximum Gasteiger partial charge on any atom is 0.109 e. The van der Waals surface area contributed by atoms with Crippen LogP contribution in [0.2, 0.25) is 0 Å². The first kappa shape index (κ1) is 11.9. The van der Waals surface area contributed by atoms with Crippen LogP contribution in [-0.4, -0.2) is 23.5 Å². The number of nitrogens with zero attached hydrogens (tertiary/aromatic N) is 2. The monoisotopic (exact) mass is 220 g/mol. The summed E-state index contributed by atoms with van der Waals surface area (Å²) in [6, 6.07) is 2.66. The molecule has 0 N–H and O–H groups in total. The molecule has 2 rings (SSSR count). The number of likely N-dealkylation sites (tertiary alicyclic amines) is 1. The summed E-state index contributed by atoms with van der Waals surface area (Å²) >= 11 is 0. The highest BCUT2D eigenvalue weighted by molar-refractivity contribution is 5.14. The number of hydrogen-bond donors (Lipinski definition) is 0. The minimum atomic E-state index is -0.131. The zero-order chi connectivity index (χ0) is 11.6. The fourth-order valence-corrected chi connectivity index (χ4v) is 3.45. The van der Waals surface area contributed by atoms with Gasteiger partial charge in [0.1, 0.15) is 5.54 Å². The van der Waals surface area contributed by atoms with Crippen LogP contribution in [0, 0.1) is 16.7 Å². The van der Waals surface area contributed by atoms with E-state index in [1.165, 1.54) is 32.1 Å². The Morgan fingerprint density at radius 2 is 1.62 bits per heavy atom. The van der Waals surface area contributed by atoms with Crippen LogP contribution in [-0.2, 0) is 0 Å². The lowest BCUT2D eigenvalue weighted by Gasteiger charge is -2.36. The molecule has 0 spiro atoms. The van der Waals surface area contributed by atoms with Crippen LogP contribution in [0.5, 0.6) is 0 Å². The second-order valence-corrected chi connectivity index (χ2v) is 6.39. The van der Waals surface area contributed by atoms with Crippen molar-refractivity contribution in [2.45, 2.75) is 64.3 Å². The van der Waals surface area contributed by atoms with Gasteiger partial charge in [-0.15, -0.1) is 0 Å². The van der Waals surface area contributed by atoms with Gasteiger partial charge in [0.05, 0.1) is 6.07 Å². The molecule has 2 fully saturated rings. The molecule has 0 amide bonds. The molecule has 0 aromatic carbocycles. The van der Waals surface area contributed by atoms with Gasteiger partial charge in [-0.25, -0.2) is 0 Å². The van der Waals surface area contributed by atoms with Crippen LogP contribution in [0.15, 0.2) is 0 Å². The summed E-state index contributed by atoms with van der Waals surface area (Å²) in [5.41, 5.74) is 0.232. The van der Waals surface area contributed by atoms with Crippen molar-refractivity contribution in [3.05, 3.63) is 0 Å².